The molecule has 0 aliphatic heterocycles. The summed E-state index contributed by atoms with van der Waals surface area (Å²) in [6.45, 7) is 7.47. The fourth-order valence-electron chi connectivity index (χ4n) is 3.58. The van der Waals surface area contributed by atoms with E-state index in [9.17, 15) is 14.4 Å². The maximum absolute atomic E-state index is 12.7. The summed E-state index contributed by atoms with van der Waals surface area (Å²) in [6.07, 6.45) is 1.38. The molecule has 3 rings (SSSR count). The van der Waals surface area contributed by atoms with Crippen LogP contribution in [0.5, 0.6) is 0 Å². The van der Waals surface area contributed by atoms with Crippen LogP contribution in [0.4, 0.5) is 5.69 Å². The summed E-state index contributed by atoms with van der Waals surface area (Å²) in [6, 6.07) is 9.37. The number of aryl methyl sites for hydroxylation is 4. The molecule has 1 aromatic heterocycles. The van der Waals surface area contributed by atoms with Crippen molar-refractivity contribution in [3.8, 4) is 0 Å². The van der Waals surface area contributed by atoms with E-state index in [0.717, 1.165) is 27.9 Å². The third-order valence-corrected chi connectivity index (χ3v) is 5.11. The number of benzene rings is 2. The van der Waals surface area contributed by atoms with E-state index < -0.39 is 0 Å². The molecule has 0 saturated heterocycles. The van der Waals surface area contributed by atoms with Gasteiger partial charge in [-0.2, -0.15) is 0 Å². The normalized spacial score (nSPS) is 10.8. The average Bonchev–Trinajstić information content (AvgIpc) is 2.67. The number of carbonyl (C=O) groups excluding carboxylic acids is 2. The minimum absolute atomic E-state index is 0.111. The maximum atomic E-state index is 12.7. The summed E-state index contributed by atoms with van der Waals surface area (Å²) in [5, 5.41) is 3.35. The minimum Gasteiger partial charge on any atom is -0.335 e. The van der Waals surface area contributed by atoms with Crippen molar-refractivity contribution in [1.29, 1.82) is 0 Å². The topological polar surface area (TPSA) is 84.3 Å². The molecule has 0 aliphatic rings. The number of carbonyl (C=O) groups is 2. The van der Waals surface area contributed by atoms with Crippen LogP contribution in [-0.4, -0.2) is 39.9 Å². The maximum Gasteiger partial charge on any atom is 0.261 e. The molecule has 1 heterocycles. The van der Waals surface area contributed by atoms with Crippen molar-refractivity contribution in [3.05, 3.63) is 69.3 Å². The first kappa shape index (κ1) is 21.2. The second-order valence-electron chi connectivity index (χ2n) is 7.72. The first-order valence-electron chi connectivity index (χ1n) is 9.74. The lowest BCUT2D eigenvalue weighted by Gasteiger charge is -2.19. The molecular formula is C23H26N4O3. The fourth-order valence-corrected chi connectivity index (χ4v) is 3.58. The highest BCUT2D eigenvalue weighted by atomic mass is 16.2. The van der Waals surface area contributed by atoms with E-state index in [1.165, 1.54) is 15.8 Å². The molecule has 0 saturated carbocycles. The number of likely N-dealkylation sites (N-methyl/N-ethyl adjacent to an activating group) is 1. The van der Waals surface area contributed by atoms with Gasteiger partial charge in [0.1, 0.15) is 6.54 Å². The molecule has 2 amide bonds. The van der Waals surface area contributed by atoms with Crippen molar-refractivity contribution in [3.63, 3.8) is 0 Å². The third-order valence-electron chi connectivity index (χ3n) is 5.11. The Balaban J connectivity index is 1.69. The smallest absolute Gasteiger partial charge is 0.261 e. The second kappa shape index (κ2) is 8.49. The number of nitrogens with zero attached hydrogens (tertiary/aromatic N) is 3. The minimum atomic E-state index is -0.349. The standard InChI is InChI=1S/C23H26N4O3/c1-14-9-16(3)21(17(4)10-14)25-19(28)11-26(5)20(29)12-27-13-24-22-15(2)7-6-8-18(22)23(27)30/h6-10,13H,11-12H2,1-5H3,(H,25,28). The van der Waals surface area contributed by atoms with Gasteiger partial charge in [0.15, 0.2) is 0 Å². The first-order valence-corrected chi connectivity index (χ1v) is 9.74. The molecule has 2 aromatic carbocycles. The van der Waals surface area contributed by atoms with Gasteiger partial charge in [-0.3, -0.25) is 19.0 Å². The zero-order valence-electron chi connectivity index (χ0n) is 17.9. The number of nitrogens with one attached hydrogen (secondary N) is 1. The van der Waals surface area contributed by atoms with Crippen LogP contribution in [0.25, 0.3) is 10.9 Å². The highest BCUT2D eigenvalue weighted by molar-refractivity contribution is 5.95. The molecule has 7 heteroatoms. The van der Waals surface area contributed by atoms with E-state index >= 15 is 0 Å². The van der Waals surface area contributed by atoms with Gasteiger partial charge >= 0.3 is 0 Å². The summed E-state index contributed by atoms with van der Waals surface area (Å²) >= 11 is 0. The number of aromatic nitrogens is 2. The fraction of sp³-hybridized carbons (Fsp3) is 0.304. The summed E-state index contributed by atoms with van der Waals surface area (Å²) < 4.78 is 1.27. The number of anilines is 1. The van der Waals surface area contributed by atoms with Gasteiger partial charge < -0.3 is 10.2 Å². The molecule has 0 unspecified atom stereocenters. The van der Waals surface area contributed by atoms with Crippen molar-refractivity contribution < 1.29 is 9.59 Å². The lowest BCUT2D eigenvalue weighted by Crippen LogP contribution is -2.38. The van der Waals surface area contributed by atoms with Crippen LogP contribution in [0.1, 0.15) is 22.3 Å². The van der Waals surface area contributed by atoms with Crippen molar-refractivity contribution in [2.45, 2.75) is 34.2 Å². The monoisotopic (exact) mass is 406 g/mol. The van der Waals surface area contributed by atoms with Crippen LogP contribution in [-0.2, 0) is 16.1 Å². The summed E-state index contributed by atoms with van der Waals surface area (Å²) in [4.78, 5) is 43.3. The van der Waals surface area contributed by atoms with Gasteiger partial charge in [0.25, 0.3) is 5.56 Å². The Morgan fingerprint density at radius 2 is 1.73 bits per heavy atom. The Hall–Kier alpha value is -3.48. The Labute approximate surface area is 175 Å². The molecule has 1 N–H and O–H groups in total. The largest absolute Gasteiger partial charge is 0.335 e. The lowest BCUT2D eigenvalue weighted by atomic mass is 10.1. The van der Waals surface area contributed by atoms with E-state index in [4.69, 9.17) is 0 Å². The molecule has 0 spiro atoms. The van der Waals surface area contributed by atoms with Crippen LogP contribution in [0.3, 0.4) is 0 Å². The zero-order valence-corrected chi connectivity index (χ0v) is 17.9. The number of rotatable bonds is 5. The molecule has 30 heavy (non-hydrogen) atoms. The molecule has 7 nitrogen and oxygen atoms in total. The van der Waals surface area contributed by atoms with Crippen LogP contribution in [0.15, 0.2) is 41.5 Å². The molecule has 156 valence electrons. The summed E-state index contributed by atoms with van der Waals surface area (Å²) in [7, 11) is 1.54. The van der Waals surface area contributed by atoms with Crippen LogP contribution in [0.2, 0.25) is 0 Å². The Kier molecular flexibility index (Phi) is 6.01. The zero-order chi connectivity index (χ0) is 22.0. The van der Waals surface area contributed by atoms with Crippen molar-refractivity contribution >= 4 is 28.4 Å². The molecule has 0 aliphatic carbocycles. The van der Waals surface area contributed by atoms with Gasteiger partial charge in [-0.05, 0) is 50.5 Å². The van der Waals surface area contributed by atoms with E-state index in [1.54, 1.807) is 19.2 Å². The van der Waals surface area contributed by atoms with Crippen molar-refractivity contribution in [2.24, 2.45) is 0 Å². The van der Waals surface area contributed by atoms with E-state index in [1.807, 2.05) is 45.9 Å². The van der Waals surface area contributed by atoms with Crippen LogP contribution in [0, 0.1) is 27.7 Å². The van der Waals surface area contributed by atoms with Crippen LogP contribution >= 0.6 is 0 Å². The number of hydrogen-bond donors (Lipinski definition) is 1. The Morgan fingerprint density at radius 3 is 2.40 bits per heavy atom. The molecule has 0 atom stereocenters. The van der Waals surface area contributed by atoms with Gasteiger partial charge in [0, 0.05) is 12.7 Å². The quantitative estimate of drug-likeness (QED) is 0.706. The van der Waals surface area contributed by atoms with Crippen molar-refractivity contribution in [1.82, 2.24) is 14.5 Å². The lowest BCUT2D eigenvalue weighted by molar-refractivity contribution is -0.133. The summed E-state index contributed by atoms with van der Waals surface area (Å²) in [5.41, 5.74) is 5.08. The predicted octanol–water partition coefficient (Wildman–Crippen LogP) is 2.73. The van der Waals surface area contributed by atoms with Gasteiger partial charge in [-0.25, -0.2) is 4.98 Å². The van der Waals surface area contributed by atoms with E-state index in [2.05, 4.69) is 10.3 Å². The highest BCUT2D eigenvalue weighted by Crippen LogP contribution is 2.21. The molecule has 0 radical (unpaired) electrons. The number of amides is 2. The first-order chi connectivity index (χ1) is 14.2. The molecule has 3 aromatic rings. The molecular weight excluding hydrogens is 380 g/mol. The number of fused-ring (bicyclic) bond motifs is 1. The van der Waals surface area contributed by atoms with Crippen LogP contribution < -0.4 is 10.9 Å². The van der Waals surface area contributed by atoms with Crippen molar-refractivity contribution in [2.75, 3.05) is 18.9 Å². The summed E-state index contributed by atoms with van der Waals surface area (Å²) in [5.74, 6) is -0.640. The Morgan fingerprint density at radius 1 is 1.07 bits per heavy atom. The second-order valence-corrected chi connectivity index (χ2v) is 7.72. The highest BCUT2D eigenvalue weighted by Gasteiger charge is 2.16. The van der Waals surface area contributed by atoms with Gasteiger partial charge in [0.2, 0.25) is 11.8 Å². The van der Waals surface area contributed by atoms with Gasteiger partial charge in [0.05, 0.1) is 23.8 Å². The number of para-hydroxylation sites is 1. The Bertz CT molecular complexity index is 1170. The van der Waals surface area contributed by atoms with E-state index in [0.29, 0.717) is 10.9 Å². The van der Waals surface area contributed by atoms with Gasteiger partial charge in [-0.15, -0.1) is 0 Å². The SMILES string of the molecule is Cc1cc(C)c(NC(=O)CN(C)C(=O)Cn2cnc3c(C)cccc3c2=O)c(C)c1. The van der Waals surface area contributed by atoms with E-state index in [-0.39, 0.29) is 30.5 Å². The third kappa shape index (κ3) is 4.40. The van der Waals surface area contributed by atoms with Gasteiger partial charge in [-0.1, -0.05) is 29.8 Å². The number of hydrogen-bond acceptors (Lipinski definition) is 4. The average molecular weight is 406 g/mol. The molecule has 0 bridgehead atoms. The molecule has 0 fully saturated rings. The predicted molar refractivity (Wildman–Crippen MR) is 118 cm³/mol.